The van der Waals surface area contributed by atoms with Crippen LogP contribution in [-0.2, 0) is 6.61 Å². The van der Waals surface area contributed by atoms with Crippen LogP contribution < -0.4 is 4.74 Å². The molecule has 0 radical (unpaired) electrons. The Morgan fingerprint density at radius 3 is 2.53 bits per heavy atom. The van der Waals surface area contributed by atoms with Gasteiger partial charge in [0.2, 0.25) is 0 Å². The normalized spacial score (nSPS) is 10.3. The highest BCUT2D eigenvalue weighted by Gasteiger charge is 2.03. The molecule has 1 aromatic heterocycles. The molecule has 0 fully saturated rings. The minimum Gasteiger partial charge on any atom is -0.487 e. The Bertz CT molecular complexity index is 514. The third kappa shape index (κ3) is 3.50. The maximum atomic E-state index is 5.97. The molecule has 1 aromatic carbocycles. The number of hydrogen-bond donors (Lipinski definition) is 0. The van der Waals surface area contributed by atoms with E-state index >= 15 is 0 Å². The quantitative estimate of drug-likeness (QED) is 0.769. The van der Waals surface area contributed by atoms with Crippen molar-refractivity contribution in [3.05, 3.63) is 57.3 Å². The van der Waals surface area contributed by atoms with Crippen LogP contribution >= 0.6 is 34.8 Å². The third-order valence-electron chi connectivity index (χ3n) is 2.08. The Labute approximate surface area is 114 Å². The van der Waals surface area contributed by atoms with E-state index in [1.807, 2.05) is 6.07 Å². The molecule has 0 bridgehead atoms. The van der Waals surface area contributed by atoms with Crippen LogP contribution in [0.3, 0.4) is 0 Å². The summed E-state index contributed by atoms with van der Waals surface area (Å²) in [6, 6.07) is 8.65. The summed E-state index contributed by atoms with van der Waals surface area (Å²) in [5, 5.41) is 1.52. The fourth-order valence-electron chi connectivity index (χ4n) is 1.25. The van der Waals surface area contributed by atoms with Crippen LogP contribution in [0.25, 0.3) is 0 Å². The van der Waals surface area contributed by atoms with E-state index < -0.39 is 0 Å². The summed E-state index contributed by atoms with van der Waals surface area (Å²) in [6.07, 6.45) is 1.66. The Kier molecular flexibility index (Phi) is 4.11. The highest BCUT2D eigenvalue weighted by Crippen LogP contribution is 2.28. The summed E-state index contributed by atoms with van der Waals surface area (Å²) in [5.74, 6) is 0.589. The van der Waals surface area contributed by atoms with Gasteiger partial charge < -0.3 is 4.74 Å². The van der Waals surface area contributed by atoms with Crippen molar-refractivity contribution in [2.24, 2.45) is 0 Å². The Hall–Kier alpha value is -0.960. The summed E-state index contributed by atoms with van der Waals surface area (Å²) in [4.78, 5) is 3.96. The highest BCUT2D eigenvalue weighted by atomic mass is 35.5. The Balaban J connectivity index is 2.04. The number of aromatic nitrogens is 1. The van der Waals surface area contributed by atoms with Crippen molar-refractivity contribution in [1.82, 2.24) is 4.98 Å². The van der Waals surface area contributed by atoms with Gasteiger partial charge in [-0.1, -0.05) is 40.9 Å². The first-order chi connectivity index (χ1) is 8.15. The molecule has 0 saturated heterocycles. The second kappa shape index (κ2) is 5.58. The van der Waals surface area contributed by atoms with Crippen LogP contribution in [0.4, 0.5) is 0 Å². The molecule has 2 rings (SSSR count). The van der Waals surface area contributed by atoms with Crippen LogP contribution in [-0.4, -0.2) is 4.98 Å². The molecule has 88 valence electrons. The van der Waals surface area contributed by atoms with E-state index in [0.717, 1.165) is 5.56 Å². The maximum Gasteiger partial charge on any atom is 0.138 e. The zero-order valence-corrected chi connectivity index (χ0v) is 10.9. The van der Waals surface area contributed by atoms with Crippen molar-refractivity contribution >= 4 is 34.8 Å². The smallest absolute Gasteiger partial charge is 0.138 e. The van der Waals surface area contributed by atoms with Gasteiger partial charge in [-0.3, -0.25) is 0 Å². The van der Waals surface area contributed by atoms with E-state index in [4.69, 9.17) is 39.5 Å². The van der Waals surface area contributed by atoms with Crippen LogP contribution in [0, 0.1) is 0 Å². The lowest BCUT2D eigenvalue weighted by molar-refractivity contribution is 0.306. The second-order valence-corrected chi connectivity index (χ2v) is 4.58. The van der Waals surface area contributed by atoms with E-state index in [9.17, 15) is 0 Å². The lowest BCUT2D eigenvalue weighted by atomic mass is 10.3. The summed E-state index contributed by atoms with van der Waals surface area (Å²) < 4.78 is 5.54. The predicted octanol–water partition coefficient (Wildman–Crippen LogP) is 4.62. The number of halogens is 3. The van der Waals surface area contributed by atoms with Crippen LogP contribution in [0.2, 0.25) is 15.2 Å². The molecule has 0 aliphatic heterocycles. The molecule has 5 heteroatoms. The van der Waals surface area contributed by atoms with Crippen molar-refractivity contribution in [2.45, 2.75) is 6.61 Å². The fraction of sp³-hybridized carbons (Fsp3) is 0.0833. The molecule has 0 N–H and O–H groups in total. The standard InChI is InChI=1S/C12H8Cl3NO/c13-9-2-3-11(10(14)5-9)17-7-8-1-4-12(15)16-6-8/h1-6H,7H2. The largest absolute Gasteiger partial charge is 0.487 e. The number of rotatable bonds is 3. The van der Waals surface area contributed by atoms with Crippen molar-refractivity contribution in [3.63, 3.8) is 0 Å². The van der Waals surface area contributed by atoms with Crippen molar-refractivity contribution in [1.29, 1.82) is 0 Å². The molecular weight excluding hydrogens is 280 g/mol. The SMILES string of the molecule is Clc1ccc(OCc2ccc(Cl)nc2)c(Cl)c1. The minimum atomic E-state index is 0.380. The van der Waals surface area contributed by atoms with Gasteiger partial charge in [-0.15, -0.1) is 0 Å². The Morgan fingerprint density at radius 1 is 1.06 bits per heavy atom. The molecule has 0 atom stereocenters. The Morgan fingerprint density at radius 2 is 1.88 bits per heavy atom. The molecule has 2 aromatic rings. The van der Waals surface area contributed by atoms with Crippen LogP contribution in [0.15, 0.2) is 36.5 Å². The summed E-state index contributed by atoms with van der Waals surface area (Å²) in [5.41, 5.74) is 0.917. The monoisotopic (exact) mass is 287 g/mol. The summed E-state index contributed by atoms with van der Waals surface area (Å²) in [6.45, 7) is 0.380. The van der Waals surface area contributed by atoms with E-state index in [0.29, 0.717) is 27.6 Å². The van der Waals surface area contributed by atoms with Gasteiger partial charge in [0.25, 0.3) is 0 Å². The van der Waals surface area contributed by atoms with Crippen molar-refractivity contribution in [3.8, 4) is 5.75 Å². The third-order valence-corrected chi connectivity index (χ3v) is 2.83. The fourth-order valence-corrected chi connectivity index (χ4v) is 1.82. The average molecular weight is 289 g/mol. The molecule has 0 aliphatic carbocycles. The first kappa shape index (κ1) is 12.5. The topological polar surface area (TPSA) is 22.1 Å². The predicted molar refractivity (Wildman–Crippen MR) is 70.0 cm³/mol. The zero-order chi connectivity index (χ0) is 12.3. The highest BCUT2D eigenvalue weighted by molar-refractivity contribution is 6.35. The zero-order valence-electron chi connectivity index (χ0n) is 8.66. The second-order valence-electron chi connectivity index (χ2n) is 3.35. The van der Waals surface area contributed by atoms with E-state index in [2.05, 4.69) is 4.98 Å². The van der Waals surface area contributed by atoms with Gasteiger partial charge in [-0.25, -0.2) is 4.98 Å². The summed E-state index contributed by atoms with van der Waals surface area (Å²) in [7, 11) is 0. The number of hydrogen-bond acceptors (Lipinski definition) is 2. The first-order valence-corrected chi connectivity index (χ1v) is 5.97. The van der Waals surface area contributed by atoms with Gasteiger partial charge in [-0.2, -0.15) is 0 Å². The van der Waals surface area contributed by atoms with Gasteiger partial charge in [-0.05, 0) is 24.3 Å². The van der Waals surface area contributed by atoms with Crippen molar-refractivity contribution < 1.29 is 4.74 Å². The molecule has 2 nitrogen and oxygen atoms in total. The van der Waals surface area contributed by atoms with Crippen LogP contribution in [0.1, 0.15) is 5.56 Å². The number of nitrogens with zero attached hydrogens (tertiary/aromatic N) is 1. The molecule has 17 heavy (non-hydrogen) atoms. The van der Waals surface area contributed by atoms with Gasteiger partial charge in [0, 0.05) is 16.8 Å². The summed E-state index contributed by atoms with van der Waals surface area (Å²) >= 11 is 17.4. The van der Waals surface area contributed by atoms with Gasteiger partial charge in [0.05, 0.1) is 5.02 Å². The lowest BCUT2D eigenvalue weighted by Gasteiger charge is -2.07. The molecule has 0 saturated carbocycles. The van der Waals surface area contributed by atoms with Gasteiger partial charge >= 0.3 is 0 Å². The van der Waals surface area contributed by atoms with E-state index in [1.165, 1.54) is 0 Å². The molecule has 0 aliphatic rings. The molecule has 1 heterocycles. The first-order valence-electron chi connectivity index (χ1n) is 4.83. The molecular formula is C12H8Cl3NO. The number of benzene rings is 1. The number of ether oxygens (including phenoxy) is 1. The molecule has 0 spiro atoms. The van der Waals surface area contributed by atoms with E-state index in [1.54, 1.807) is 30.5 Å². The molecule has 0 amide bonds. The lowest BCUT2D eigenvalue weighted by Crippen LogP contribution is -1.96. The van der Waals surface area contributed by atoms with Gasteiger partial charge in [0.15, 0.2) is 0 Å². The minimum absolute atomic E-state index is 0.380. The van der Waals surface area contributed by atoms with Crippen molar-refractivity contribution in [2.75, 3.05) is 0 Å². The average Bonchev–Trinajstić information content (AvgIpc) is 2.30. The van der Waals surface area contributed by atoms with Crippen LogP contribution in [0.5, 0.6) is 5.75 Å². The maximum absolute atomic E-state index is 5.97. The van der Waals surface area contributed by atoms with E-state index in [-0.39, 0.29) is 0 Å². The number of pyridine rings is 1. The van der Waals surface area contributed by atoms with Gasteiger partial charge in [0.1, 0.15) is 17.5 Å². The molecule has 0 unspecified atom stereocenters.